The summed E-state index contributed by atoms with van der Waals surface area (Å²) in [6.07, 6.45) is 2.91. The molecule has 2 aromatic rings. The Labute approximate surface area is 208 Å². The normalized spacial score (nSPS) is 14.2. The van der Waals surface area contributed by atoms with E-state index in [9.17, 15) is 9.59 Å². The smallest absolute Gasteiger partial charge is 0.254 e. The minimum absolute atomic E-state index is 0.0296. The van der Waals surface area contributed by atoms with E-state index >= 15 is 0 Å². The van der Waals surface area contributed by atoms with Gasteiger partial charge in [-0.1, -0.05) is 99.6 Å². The van der Waals surface area contributed by atoms with E-state index < -0.39 is 0 Å². The van der Waals surface area contributed by atoms with E-state index in [0.29, 0.717) is 23.6 Å². The number of rotatable bonds is 9. The summed E-state index contributed by atoms with van der Waals surface area (Å²) in [7, 11) is 1.87. The maximum atomic E-state index is 13.4. The summed E-state index contributed by atoms with van der Waals surface area (Å²) < 4.78 is 0. The van der Waals surface area contributed by atoms with Gasteiger partial charge >= 0.3 is 0 Å². The zero-order valence-corrected chi connectivity index (χ0v) is 23.5. The third-order valence-electron chi connectivity index (χ3n) is 9.43. The summed E-state index contributed by atoms with van der Waals surface area (Å²) in [4.78, 5) is 26.8. The van der Waals surface area contributed by atoms with E-state index in [1.54, 1.807) is 6.07 Å². The molecule has 0 heterocycles. The van der Waals surface area contributed by atoms with Crippen LogP contribution in [0.2, 0.25) is 0 Å². The van der Waals surface area contributed by atoms with Crippen LogP contribution in [0.15, 0.2) is 36.4 Å². The van der Waals surface area contributed by atoms with Crippen LogP contribution in [0.25, 0.3) is 10.8 Å². The lowest BCUT2D eigenvalue weighted by molar-refractivity contribution is -0.0285. The topological polar surface area (TPSA) is 37.4 Å². The van der Waals surface area contributed by atoms with Crippen molar-refractivity contribution in [1.82, 2.24) is 4.90 Å². The molecule has 0 aliphatic heterocycles. The molecule has 0 aromatic heterocycles. The van der Waals surface area contributed by atoms with Crippen molar-refractivity contribution in [3.8, 4) is 0 Å². The van der Waals surface area contributed by atoms with Crippen molar-refractivity contribution in [3.05, 3.63) is 47.5 Å². The number of fused-ring (bicyclic) bond motifs is 1. The third kappa shape index (κ3) is 5.56. The Hall–Kier alpha value is -2.16. The molecule has 0 fully saturated rings. The Morgan fingerprint density at radius 3 is 2.00 bits per heavy atom. The van der Waals surface area contributed by atoms with E-state index in [4.69, 9.17) is 0 Å². The van der Waals surface area contributed by atoms with Crippen molar-refractivity contribution >= 4 is 23.0 Å². The highest BCUT2D eigenvalue weighted by Gasteiger charge is 2.46. The van der Waals surface area contributed by atoms with E-state index in [0.717, 1.165) is 29.9 Å². The van der Waals surface area contributed by atoms with Gasteiger partial charge in [0.05, 0.1) is 0 Å². The molecule has 1 atom stereocenters. The van der Waals surface area contributed by atoms with Gasteiger partial charge < -0.3 is 4.90 Å². The Kier molecular flexibility index (Phi) is 8.12. The van der Waals surface area contributed by atoms with Crippen LogP contribution in [0.4, 0.5) is 0 Å². The Balaban J connectivity index is 2.18. The molecule has 0 aliphatic rings. The number of carbonyl (C=O) groups is 2. The lowest BCUT2D eigenvalue weighted by Gasteiger charge is -2.52. The van der Waals surface area contributed by atoms with E-state index in [-0.39, 0.29) is 27.6 Å². The Morgan fingerprint density at radius 2 is 1.47 bits per heavy atom. The Bertz CT molecular complexity index is 1020. The van der Waals surface area contributed by atoms with Crippen molar-refractivity contribution in [2.45, 2.75) is 82.1 Å². The highest BCUT2D eigenvalue weighted by atomic mass is 16.2. The monoisotopic (exact) mass is 465 g/mol. The molecule has 0 aliphatic carbocycles. The van der Waals surface area contributed by atoms with Gasteiger partial charge in [-0.25, -0.2) is 0 Å². The van der Waals surface area contributed by atoms with Crippen LogP contribution < -0.4 is 0 Å². The fourth-order valence-electron chi connectivity index (χ4n) is 4.97. The van der Waals surface area contributed by atoms with Crippen molar-refractivity contribution in [3.63, 3.8) is 0 Å². The van der Waals surface area contributed by atoms with Crippen LogP contribution in [0, 0.1) is 27.6 Å². The molecule has 188 valence electrons. The van der Waals surface area contributed by atoms with Gasteiger partial charge in [0.25, 0.3) is 5.91 Å². The van der Waals surface area contributed by atoms with Crippen LogP contribution >= 0.6 is 0 Å². The molecule has 3 nitrogen and oxygen atoms in total. The molecular weight excluding hydrogens is 418 g/mol. The Morgan fingerprint density at radius 1 is 0.912 bits per heavy atom. The summed E-state index contributed by atoms with van der Waals surface area (Å²) in [6.45, 7) is 24.4. The second-order valence-electron chi connectivity index (χ2n) is 13.2. The number of benzene rings is 2. The van der Waals surface area contributed by atoms with E-state index in [2.05, 4.69) is 69.2 Å². The molecule has 0 bridgehead atoms. The molecule has 34 heavy (non-hydrogen) atoms. The number of amides is 1. The molecule has 1 amide bonds. The van der Waals surface area contributed by atoms with E-state index in [1.807, 2.05) is 42.3 Å². The van der Waals surface area contributed by atoms with Gasteiger partial charge in [-0.2, -0.15) is 0 Å². The minimum Gasteiger partial charge on any atom is -0.342 e. The number of carbonyl (C=O) groups excluding carboxylic acids is 2. The summed E-state index contributed by atoms with van der Waals surface area (Å²) >= 11 is 0. The lowest BCUT2D eigenvalue weighted by Crippen LogP contribution is -2.44. The number of hydrogen-bond donors (Lipinski definition) is 0. The fourth-order valence-corrected chi connectivity index (χ4v) is 4.97. The van der Waals surface area contributed by atoms with Crippen molar-refractivity contribution in [1.29, 1.82) is 0 Å². The first kappa shape index (κ1) is 28.1. The van der Waals surface area contributed by atoms with Gasteiger partial charge in [0, 0.05) is 30.1 Å². The quantitative estimate of drug-likeness (QED) is 0.349. The summed E-state index contributed by atoms with van der Waals surface area (Å²) in [6, 6.07) is 11.3. The standard InChI is InChI=1S/C31H47NO2/c1-22(31(9,10)30(7,8)21-29(5,6)28(2,3)4)18-19-32(11)27(34)25-17-13-15-23-14-12-16-24(20-33)26(23)25/h12-17,20,22H,18-19,21H2,1-11H3. The maximum absolute atomic E-state index is 13.4. The minimum atomic E-state index is -0.0296. The van der Waals surface area contributed by atoms with Crippen molar-refractivity contribution in [2.75, 3.05) is 13.6 Å². The van der Waals surface area contributed by atoms with Crippen LogP contribution in [-0.4, -0.2) is 30.7 Å². The number of hydrogen-bond acceptors (Lipinski definition) is 2. The highest BCUT2D eigenvalue weighted by Crippen LogP contribution is 2.55. The number of nitrogens with zero attached hydrogens (tertiary/aromatic N) is 1. The molecule has 0 saturated heterocycles. The van der Waals surface area contributed by atoms with Gasteiger partial charge in [-0.15, -0.1) is 0 Å². The zero-order valence-electron chi connectivity index (χ0n) is 23.5. The predicted molar refractivity (Wildman–Crippen MR) is 145 cm³/mol. The molecule has 0 N–H and O–H groups in total. The largest absolute Gasteiger partial charge is 0.342 e. The first-order valence-corrected chi connectivity index (χ1v) is 12.7. The summed E-state index contributed by atoms with van der Waals surface area (Å²) in [5.74, 6) is 0.407. The average molecular weight is 466 g/mol. The van der Waals surface area contributed by atoms with Crippen molar-refractivity contribution in [2.24, 2.45) is 27.6 Å². The van der Waals surface area contributed by atoms with Gasteiger partial charge in [-0.05, 0) is 51.9 Å². The fraction of sp³-hybridized carbons (Fsp3) is 0.613. The molecule has 0 spiro atoms. The van der Waals surface area contributed by atoms with Crippen LogP contribution in [0.5, 0.6) is 0 Å². The van der Waals surface area contributed by atoms with Crippen molar-refractivity contribution < 1.29 is 9.59 Å². The second kappa shape index (κ2) is 9.84. The highest BCUT2D eigenvalue weighted by molar-refractivity contribution is 6.12. The molecule has 0 radical (unpaired) electrons. The SMILES string of the molecule is CC(CCN(C)C(=O)c1cccc2cccc(C=O)c12)C(C)(C)C(C)(C)CC(C)(C)C(C)(C)C. The summed E-state index contributed by atoms with van der Waals surface area (Å²) in [5, 5.41) is 1.66. The lowest BCUT2D eigenvalue weighted by atomic mass is 9.53. The average Bonchev–Trinajstić information content (AvgIpc) is 2.74. The molecular formula is C31H47NO2. The molecule has 1 unspecified atom stereocenters. The zero-order chi connectivity index (χ0) is 26.1. The number of aldehydes is 1. The maximum Gasteiger partial charge on any atom is 0.254 e. The third-order valence-corrected chi connectivity index (χ3v) is 9.43. The molecule has 2 rings (SSSR count). The van der Waals surface area contributed by atoms with Gasteiger partial charge in [0.15, 0.2) is 6.29 Å². The van der Waals surface area contributed by atoms with Crippen LogP contribution in [-0.2, 0) is 0 Å². The molecule has 3 heteroatoms. The first-order chi connectivity index (χ1) is 15.5. The molecule has 0 saturated carbocycles. The summed E-state index contributed by atoms with van der Waals surface area (Å²) in [5.41, 5.74) is 1.85. The van der Waals surface area contributed by atoms with E-state index in [1.165, 1.54) is 0 Å². The second-order valence-corrected chi connectivity index (χ2v) is 13.2. The van der Waals surface area contributed by atoms with Crippen LogP contribution in [0.3, 0.4) is 0 Å². The first-order valence-electron chi connectivity index (χ1n) is 12.7. The van der Waals surface area contributed by atoms with Gasteiger partial charge in [0.1, 0.15) is 0 Å². The van der Waals surface area contributed by atoms with Gasteiger partial charge in [0.2, 0.25) is 0 Å². The molecule has 2 aromatic carbocycles. The predicted octanol–water partition coefficient (Wildman–Crippen LogP) is 8.27. The van der Waals surface area contributed by atoms with Crippen LogP contribution in [0.1, 0.15) is 103 Å². The van der Waals surface area contributed by atoms with Gasteiger partial charge in [-0.3, -0.25) is 9.59 Å².